The molecule has 5 nitrogen and oxygen atoms in total. The Labute approximate surface area is 149 Å². The molecular weight excluding hydrogens is 340 g/mol. The highest BCUT2D eigenvalue weighted by Gasteiger charge is 2.16. The second-order valence-electron chi connectivity index (χ2n) is 5.16. The molecule has 1 amide bonds. The van der Waals surface area contributed by atoms with Crippen LogP contribution in [0.3, 0.4) is 0 Å². The van der Waals surface area contributed by atoms with Gasteiger partial charge >= 0.3 is 0 Å². The monoisotopic (exact) mass is 352 g/mol. The number of halogens is 1. The minimum absolute atomic E-state index is 0.0956. The molecule has 1 aromatic heterocycles. The number of methoxy groups -OCH3 is 1. The van der Waals surface area contributed by atoms with E-state index in [1.807, 2.05) is 6.07 Å². The van der Waals surface area contributed by atoms with E-state index in [9.17, 15) is 10.1 Å². The van der Waals surface area contributed by atoms with Crippen LogP contribution in [0, 0.1) is 11.3 Å². The van der Waals surface area contributed by atoms with Crippen LogP contribution in [0.25, 0.3) is 11.3 Å². The van der Waals surface area contributed by atoms with Crippen molar-refractivity contribution in [3.8, 4) is 23.1 Å². The maximum Gasteiger partial charge on any atom is 0.258 e. The largest absolute Gasteiger partial charge is 0.497 e. The molecule has 0 saturated heterocycles. The SMILES string of the molecule is COc1ccc(-c2cc(C#N)c(NC(=O)c3cccc(Cl)c3)o2)cc1. The van der Waals surface area contributed by atoms with Crippen molar-refractivity contribution in [1.82, 2.24) is 0 Å². The second-order valence-corrected chi connectivity index (χ2v) is 5.59. The molecule has 0 aliphatic carbocycles. The molecule has 1 heterocycles. The van der Waals surface area contributed by atoms with Crippen molar-refractivity contribution in [2.75, 3.05) is 12.4 Å². The number of benzene rings is 2. The van der Waals surface area contributed by atoms with Crippen LogP contribution in [-0.4, -0.2) is 13.0 Å². The first-order valence-corrected chi connectivity index (χ1v) is 7.74. The highest BCUT2D eigenvalue weighted by atomic mass is 35.5. The van der Waals surface area contributed by atoms with E-state index in [1.54, 1.807) is 55.6 Å². The molecule has 0 spiro atoms. The first-order valence-electron chi connectivity index (χ1n) is 7.36. The molecule has 1 N–H and O–H groups in total. The standard InChI is InChI=1S/C19H13ClN2O3/c1-24-16-7-5-12(6-8-16)17-10-14(11-21)19(25-17)22-18(23)13-3-2-4-15(20)9-13/h2-10H,1H3,(H,22,23). The molecule has 0 saturated carbocycles. The van der Waals surface area contributed by atoms with Gasteiger partial charge in [0.2, 0.25) is 5.88 Å². The number of amides is 1. The number of ether oxygens (including phenoxy) is 1. The van der Waals surface area contributed by atoms with Crippen molar-refractivity contribution >= 4 is 23.4 Å². The van der Waals surface area contributed by atoms with E-state index in [4.69, 9.17) is 20.8 Å². The van der Waals surface area contributed by atoms with E-state index in [1.165, 1.54) is 6.07 Å². The van der Waals surface area contributed by atoms with Crippen molar-refractivity contribution < 1.29 is 13.9 Å². The highest BCUT2D eigenvalue weighted by Crippen LogP contribution is 2.30. The van der Waals surface area contributed by atoms with Crippen LogP contribution in [0.1, 0.15) is 15.9 Å². The zero-order valence-electron chi connectivity index (χ0n) is 13.2. The lowest BCUT2D eigenvalue weighted by molar-refractivity contribution is 0.102. The molecule has 0 aliphatic heterocycles. The van der Waals surface area contributed by atoms with Crippen LogP contribution in [0.5, 0.6) is 5.75 Å². The van der Waals surface area contributed by atoms with Gasteiger partial charge in [-0.25, -0.2) is 0 Å². The van der Waals surface area contributed by atoms with Gasteiger partial charge in [-0.1, -0.05) is 17.7 Å². The topological polar surface area (TPSA) is 75.3 Å². The number of carbonyl (C=O) groups is 1. The van der Waals surface area contributed by atoms with Gasteiger partial charge in [-0.3, -0.25) is 10.1 Å². The summed E-state index contributed by atoms with van der Waals surface area (Å²) in [6.45, 7) is 0. The third-order valence-corrected chi connectivity index (χ3v) is 3.78. The number of nitriles is 1. The number of rotatable bonds is 4. The minimum Gasteiger partial charge on any atom is -0.497 e. The molecule has 0 fully saturated rings. The van der Waals surface area contributed by atoms with E-state index >= 15 is 0 Å². The van der Waals surface area contributed by atoms with Gasteiger partial charge in [-0.2, -0.15) is 5.26 Å². The Morgan fingerprint density at radius 1 is 1.20 bits per heavy atom. The fourth-order valence-corrected chi connectivity index (χ4v) is 2.46. The first-order chi connectivity index (χ1) is 12.1. The van der Waals surface area contributed by atoms with Gasteiger partial charge in [0.25, 0.3) is 5.91 Å². The summed E-state index contributed by atoms with van der Waals surface area (Å²) in [4.78, 5) is 12.3. The minimum atomic E-state index is -0.408. The average molecular weight is 353 g/mol. The number of nitrogens with zero attached hydrogens (tertiary/aromatic N) is 1. The van der Waals surface area contributed by atoms with Crippen LogP contribution in [0.4, 0.5) is 5.88 Å². The molecule has 0 unspecified atom stereocenters. The number of nitrogens with one attached hydrogen (secondary N) is 1. The van der Waals surface area contributed by atoms with E-state index in [-0.39, 0.29) is 11.4 Å². The predicted octanol–water partition coefficient (Wildman–Crippen LogP) is 4.73. The van der Waals surface area contributed by atoms with Gasteiger partial charge in [-0.15, -0.1) is 0 Å². The van der Waals surface area contributed by atoms with E-state index in [2.05, 4.69) is 5.32 Å². The number of anilines is 1. The van der Waals surface area contributed by atoms with Gasteiger partial charge in [0.1, 0.15) is 23.1 Å². The molecule has 6 heteroatoms. The Morgan fingerprint density at radius 3 is 2.60 bits per heavy atom. The summed E-state index contributed by atoms with van der Waals surface area (Å²) < 4.78 is 10.8. The lowest BCUT2D eigenvalue weighted by Crippen LogP contribution is -2.11. The van der Waals surface area contributed by atoms with Gasteiger partial charge in [-0.05, 0) is 42.5 Å². The summed E-state index contributed by atoms with van der Waals surface area (Å²) in [5.41, 5.74) is 1.38. The summed E-state index contributed by atoms with van der Waals surface area (Å²) in [6.07, 6.45) is 0. The molecule has 0 radical (unpaired) electrons. The molecular formula is C19H13ClN2O3. The van der Waals surface area contributed by atoms with Crippen molar-refractivity contribution in [3.05, 3.63) is 70.7 Å². The van der Waals surface area contributed by atoms with Crippen molar-refractivity contribution in [3.63, 3.8) is 0 Å². The Morgan fingerprint density at radius 2 is 1.96 bits per heavy atom. The maximum absolute atomic E-state index is 12.3. The normalized spacial score (nSPS) is 10.1. The summed E-state index contributed by atoms with van der Waals surface area (Å²) in [6, 6.07) is 17.3. The van der Waals surface area contributed by atoms with Gasteiger partial charge in [0.15, 0.2) is 0 Å². The molecule has 3 aromatic rings. The zero-order chi connectivity index (χ0) is 17.8. The van der Waals surface area contributed by atoms with Crippen LogP contribution in [0.2, 0.25) is 5.02 Å². The molecule has 124 valence electrons. The molecule has 0 bridgehead atoms. The summed E-state index contributed by atoms with van der Waals surface area (Å²) in [5, 5.41) is 12.3. The average Bonchev–Trinajstić information content (AvgIpc) is 3.04. The number of hydrogen-bond acceptors (Lipinski definition) is 4. The number of carbonyl (C=O) groups excluding carboxylic acids is 1. The number of furan rings is 1. The van der Waals surface area contributed by atoms with E-state index in [0.717, 1.165) is 5.56 Å². The van der Waals surface area contributed by atoms with Crippen LogP contribution in [0.15, 0.2) is 59.0 Å². The third kappa shape index (κ3) is 3.65. The van der Waals surface area contributed by atoms with Crippen molar-refractivity contribution in [2.45, 2.75) is 0 Å². The van der Waals surface area contributed by atoms with Gasteiger partial charge < -0.3 is 9.15 Å². The Hall–Kier alpha value is -3.23. The fraction of sp³-hybridized carbons (Fsp3) is 0.0526. The Balaban J connectivity index is 1.88. The van der Waals surface area contributed by atoms with Crippen molar-refractivity contribution in [1.29, 1.82) is 5.26 Å². The lowest BCUT2D eigenvalue weighted by Gasteiger charge is -2.03. The van der Waals surface area contributed by atoms with Crippen molar-refractivity contribution in [2.24, 2.45) is 0 Å². The maximum atomic E-state index is 12.3. The summed E-state index contributed by atoms with van der Waals surface area (Å²) in [7, 11) is 1.58. The quantitative estimate of drug-likeness (QED) is 0.736. The molecule has 0 aliphatic rings. The van der Waals surface area contributed by atoms with Gasteiger partial charge in [0, 0.05) is 22.2 Å². The Bertz CT molecular complexity index is 956. The van der Waals surface area contributed by atoms with E-state index in [0.29, 0.717) is 22.1 Å². The van der Waals surface area contributed by atoms with Crippen LogP contribution < -0.4 is 10.1 Å². The molecule has 0 atom stereocenters. The second kappa shape index (κ2) is 7.12. The number of hydrogen-bond donors (Lipinski definition) is 1. The van der Waals surface area contributed by atoms with Gasteiger partial charge in [0.05, 0.1) is 7.11 Å². The van der Waals surface area contributed by atoms with E-state index < -0.39 is 5.91 Å². The fourth-order valence-electron chi connectivity index (χ4n) is 2.27. The molecule has 2 aromatic carbocycles. The zero-order valence-corrected chi connectivity index (χ0v) is 14.0. The lowest BCUT2D eigenvalue weighted by atomic mass is 10.1. The van der Waals surface area contributed by atoms with Crippen LogP contribution >= 0.6 is 11.6 Å². The predicted molar refractivity (Wildman–Crippen MR) is 94.8 cm³/mol. The first kappa shape index (κ1) is 16.6. The third-order valence-electron chi connectivity index (χ3n) is 3.54. The summed E-state index contributed by atoms with van der Waals surface area (Å²) in [5.74, 6) is 0.874. The smallest absolute Gasteiger partial charge is 0.258 e. The van der Waals surface area contributed by atoms with Crippen LogP contribution in [-0.2, 0) is 0 Å². The molecule has 3 rings (SSSR count). The summed E-state index contributed by atoms with van der Waals surface area (Å²) >= 11 is 5.89. The highest BCUT2D eigenvalue weighted by molar-refractivity contribution is 6.31. The molecule has 25 heavy (non-hydrogen) atoms. The Kier molecular flexibility index (Phi) is 4.73.